The number of fused-ring (bicyclic) bond motifs is 11. The van der Waals surface area contributed by atoms with Crippen molar-refractivity contribution in [1.82, 2.24) is 4.57 Å². The molecule has 0 aliphatic carbocycles. The third-order valence-corrected chi connectivity index (χ3v) is 10.2. The fourth-order valence-corrected chi connectivity index (χ4v) is 7.92. The van der Waals surface area contributed by atoms with Gasteiger partial charge in [-0.1, -0.05) is 84.9 Å². The zero-order valence-electron chi connectivity index (χ0n) is 26.9. The van der Waals surface area contributed by atoms with E-state index in [1.807, 2.05) is 24.3 Å². The van der Waals surface area contributed by atoms with Gasteiger partial charge >= 0.3 is 0 Å². The average molecular weight is 641 g/mol. The van der Waals surface area contributed by atoms with Crippen LogP contribution in [0.25, 0.3) is 82.1 Å². The Morgan fingerprint density at radius 2 is 0.880 bits per heavy atom. The Labute approximate surface area is 286 Å². The second-order valence-electron chi connectivity index (χ2n) is 12.9. The smallest absolute Gasteiger partial charge is 0.137 e. The number of aromatic nitrogens is 1. The Morgan fingerprint density at radius 1 is 0.360 bits per heavy atom. The fraction of sp³-hybridized carbons (Fsp3) is 0. The Balaban J connectivity index is 1.10. The van der Waals surface area contributed by atoms with Crippen LogP contribution in [0.1, 0.15) is 0 Å². The second kappa shape index (κ2) is 10.4. The Bertz CT molecular complexity index is 2990. The first kappa shape index (κ1) is 27.2. The van der Waals surface area contributed by atoms with Gasteiger partial charge in [0.2, 0.25) is 0 Å². The molecule has 234 valence electrons. The highest BCUT2D eigenvalue weighted by Crippen LogP contribution is 2.42. The van der Waals surface area contributed by atoms with Crippen molar-refractivity contribution in [1.29, 1.82) is 0 Å². The van der Waals surface area contributed by atoms with E-state index in [1.165, 1.54) is 32.6 Å². The van der Waals surface area contributed by atoms with E-state index in [1.54, 1.807) is 0 Å². The molecule has 50 heavy (non-hydrogen) atoms. The molecule has 11 rings (SSSR count). The Morgan fingerprint density at radius 3 is 1.54 bits per heavy atom. The maximum atomic E-state index is 6.36. The van der Waals surface area contributed by atoms with Crippen LogP contribution in [-0.4, -0.2) is 4.57 Å². The van der Waals surface area contributed by atoms with Crippen molar-refractivity contribution in [2.45, 2.75) is 0 Å². The van der Waals surface area contributed by atoms with Crippen LogP contribution in [0.3, 0.4) is 0 Å². The minimum atomic E-state index is 0.854. The van der Waals surface area contributed by atoms with E-state index < -0.39 is 0 Å². The van der Waals surface area contributed by atoms with Crippen molar-refractivity contribution in [2.75, 3.05) is 4.90 Å². The van der Waals surface area contributed by atoms with Crippen molar-refractivity contribution < 1.29 is 8.83 Å². The highest BCUT2D eigenvalue weighted by molar-refractivity contribution is 6.21. The number of hydrogen-bond acceptors (Lipinski definition) is 3. The number of hydrogen-bond donors (Lipinski definition) is 0. The number of benzene rings is 8. The molecule has 0 atom stereocenters. The van der Waals surface area contributed by atoms with E-state index in [9.17, 15) is 0 Å². The molecule has 0 saturated heterocycles. The predicted octanol–water partition coefficient (Wildman–Crippen LogP) is 13.2. The van der Waals surface area contributed by atoms with E-state index in [0.29, 0.717) is 0 Å². The van der Waals surface area contributed by atoms with Crippen LogP contribution in [0.5, 0.6) is 0 Å². The summed E-state index contributed by atoms with van der Waals surface area (Å²) in [5.41, 5.74) is 10.0. The maximum Gasteiger partial charge on any atom is 0.137 e. The van der Waals surface area contributed by atoms with Crippen LogP contribution < -0.4 is 4.90 Å². The molecule has 3 aromatic heterocycles. The zero-order chi connectivity index (χ0) is 32.8. The third-order valence-electron chi connectivity index (χ3n) is 10.2. The predicted molar refractivity (Wildman–Crippen MR) is 208 cm³/mol. The molecule has 0 spiro atoms. The van der Waals surface area contributed by atoms with Gasteiger partial charge in [0.1, 0.15) is 22.3 Å². The SMILES string of the molecule is c1ccc2c(c1)ccc1c2c2ccccc2n1-c1ccc(N(c2ccc3c(c2)oc2ccccc23)c2ccc3c(c2)oc2ccccc23)cc1. The van der Waals surface area contributed by atoms with Crippen LogP contribution in [0, 0.1) is 0 Å². The lowest BCUT2D eigenvalue weighted by Crippen LogP contribution is -2.10. The standard InChI is InChI=1S/C46H28N2O2/c1-2-10-34-29(9-1)17-26-41-46(34)39-13-3-6-14-40(39)48(41)31-20-18-30(19-21-31)47(32-22-24-37-35-11-4-7-15-42(35)49-44(37)27-32)33-23-25-38-36-12-5-8-16-43(36)50-45(38)28-33/h1-28H. The largest absolute Gasteiger partial charge is 0.456 e. The summed E-state index contributed by atoms with van der Waals surface area (Å²) in [6.45, 7) is 0. The van der Waals surface area contributed by atoms with Gasteiger partial charge in [-0.15, -0.1) is 0 Å². The summed E-state index contributed by atoms with van der Waals surface area (Å²) in [4.78, 5) is 2.28. The van der Waals surface area contributed by atoms with Crippen molar-refractivity contribution in [2.24, 2.45) is 0 Å². The van der Waals surface area contributed by atoms with Gasteiger partial charge in [-0.3, -0.25) is 0 Å². The fourth-order valence-electron chi connectivity index (χ4n) is 7.92. The summed E-state index contributed by atoms with van der Waals surface area (Å²) in [6, 6.07) is 60.1. The number of anilines is 3. The van der Waals surface area contributed by atoms with Crippen LogP contribution in [0.4, 0.5) is 17.1 Å². The first-order chi connectivity index (χ1) is 24.8. The molecule has 0 N–H and O–H groups in total. The molecule has 4 heteroatoms. The lowest BCUT2D eigenvalue weighted by atomic mass is 10.0. The van der Waals surface area contributed by atoms with Crippen LogP contribution in [0.2, 0.25) is 0 Å². The first-order valence-corrected chi connectivity index (χ1v) is 16.9. The monoisotopic (exact) mass is 640 g/mol. The quantitative estimate of drug-likeness (QED) is 0.192. The molecule has 0 aliphatic heterocycles. The molecule has 11 aromatic rings. The number of para-hydroxylation sites is 3. The normalized spacial score (nSPS) is 12.0. The van der Waals surface area contributed by atoms with Gasteiger partial charge < -0.3 is 18.3 Å². The van der Waals surface area contributed by atoms with E-state index in [-0.39, 0.29) is 0 Å². The lowest BCUT2D eigenvalue weighted by Gasteiger charge is -2.25. The van der Waals surface area contributed by atoms with Gasteiger partial charge in [0.05, 0.1) is 11.0 Å². The van der Waals surface area contributed by atoms with Crippen LogP contribution in [0.15, 0.2) is 179 Å². The van der Waals surface area contributed by atoms with Gasteiger partial charge in [-0.05, 0) is 83.6 Å². The molecule has 0 bridgehead atoms. The molecule has 0 fully saturated rings. The molecule has 3 heterocycles. The van der Waals surface area contributed by atoms with E-state index in [2.05, 4.69) is 155 Å². The summed E-state index contributed by atoms with van der Waals surface area (Å²) in [6.07, 6.45) is 0. The van der Waals surface area contributed by atoms with Crippen molar-refractivity contribution in [3.8, 4) is 5.69 Å². The van der Waals surface area contributed by atoms with Crippen molar-refractivity contribution in [3.05, 3.63) is 170 Å². The average Bonchev–Trinajstić information content (AvgIpc) is 3.84. The molecule has 0 radical (unpaired) electrons. The summed E-state index contributed by atoms with van der Waals surface area (Å²) >= 11 is 0. The zero-order valence-corrected chi connectivity index (χ0v) is 26.9. The van der Waals surface area contributed by atoms with E-state index >= 15 is 0 Å². The summed E-state index contributed by atoms with van der Waals surface area (Å²) in [5.74, 6) is 0. The molecule has 0 aliphatic rings. The van der Waals surface area contributed by atoms with Gasteiger partial charge in [0, 0.05) is 67.2 Å². The minimum absolute atomic E-state index is 0.854. The van der Waals surface area contributed by atoms with Crippen molar-refractivity contribution >= 4 is 93.5 Å². The first-order valence-electron chi connectivity index (χ1n) is 16.9. The number of rotatable bonds is 4. The highest BCUT2D eigenvalue weighted by atomic mass is 16.3. The minimum Gasteiger partial charge on any atom is -0.456 e. The van der Waals surface area contributed by atoms with Crippen LogP contribution in [-0.2, 0) is 0 Å². The van der Waals surface area contributed by atoms with E-state index in [0.717, 1.165) is 66.6 Å². The topological polar surface area (TPSA) is 34.5 Å². The van der Waals surface area contributed by atoms with Gasteiger partial charge in [-0.2, -0.15) is 0 Å². The molecule has 0 unspecified atom stereocenters. The molecular weight excluding hydrogens is 613 g/mol. The molecule has 4 nitrogen and oxygen atoms in total. The second-order valence-corrected chi connectivity index (χ2v) is 12.9. The molecule has 8 aromatic carbocycles. The summed E-state index contributed by atoms with van der Waals surface area (Å²) in [5, 5.41) is 9.49. The van der Waals surface area contributed by atoms with Gasteiger partial charge in [0.15, 0.2) is 0 Å². The Kier molecular flexibility index (Phi) is 5.63. The summed E-state index contributed by atoms with van der Waals surface area (Å²) in [7, 11) is 0. The number of furan rings is 2. The highest BCUT2D eigenvalue weighted by Gasteiger charge is 2.19. The molecular formula is C46H28N2O2. The van der Waals surface area contributed by atoms with Crippen molar-refractivity contribution in [3.63, 3.8) is 0 Å². The number of nitrogens with zero attached hydrogens (tertiary/aromatic N) is 2. The van der Waals surface area contributed by atoms with Crippen LogP contribution >= 0.6 is 0 Å². The summed E-state index contributed by atoms with van der Waals surface area (Å²) < 4.78 is 15.1. The van der Waals surface area contributed by atoms with Gasteiger partial charge in [-0.25, -0.2) is 0 Å². The third kappa shape index (κ3) is 3.93. The Hall–Kier alpha value is -6.78. The maximum absolute atomic E-state index is 6.36. The molecule has 0 amide bonds. The molecule has 0 saturated carbocycles. The lowest BCUT2D eigenvalue weighted by molar-refractivity contribution is 0.669. The van der Waals surface area contributed by atoms with E-state index in [4.69, 9.17) is 8.83 Å². The van der Waals surface area contributed by atoms with Gasteiger partial charge in [0.25, 0.3) is 0 Å².